The third kappa shape index (κ3) is 2.82. The summed E-state index contributed by atoms with van der Waals surface area (Å²) < 4.78 is 0. The fourth-order valence-electron chi connectivity index (χ4n) is 0.769. The van der Waals surface area contributed by atoms with Gasteiger partial charge in [-0.1, -0.05) is 18.2 Å². The molecule has 2 N–H and O–H groups in total. The molecule has 1 radical (unpaired) electrons. The van der Waals surface area contributed by atoms with Gasteiger partial charge in [0.2, 0.25) is 0 Å². The summed E-state index contributed by atoms with van der Waals surface area (Å²) in [5.74, 6) is -0.523. The monoisotopic (exact) mass is 179 g/mol. The van der Waals surface area contributed by atoms with Crippen LogP contribution in [0.25, 0.3) is 0 Å². The van der Waals surface area contributed by atoms with Gasteiger partial charge >= 0.3 is 6.09 Å². The topological polar surface area (TPSA) is 78.1 Å². The normalized spacial score (nSPS) is 8.92. The molecule has 0 aromatic heterocycles. The zero-order valence-corrected chi connectivity index (χ0v) is 6.61. The van der Waals surface area contributed by atoms with Gasteiger partial charge in [0.05, 0.1) is 0 Å². The van der Waals surface area contributed by atoms with Gasteiger partial charge in [-0.2, -0.15) is 0 Å². The van der Waals surface area contributed by atoms with Crippen LogP contribution in [0, 0.1) is 0 Å². The van der Waals surface area contributed by atoms with Gasteiger partial charge in [-0.05, 0) is 12.1 Å². The Labute approximate surface area is 74.3 Å². The Morgan fingerprint density at radius 2 is 1.62 bits per heavy atom. The van der Waals surface area contributed by atoms with Crippen LogP contribution < -0.4 is 10.9 Å². The molecule has 0 saturated carbocycles. The molecule has 0 heterocycles. The molecule has 0 saturated heterocycles. The van der Waals surface area contributed by atoms with Crippen molar-refractivity contribution in [1.29, 1.82) is 0 Å². The zero-order valence-electron chi connectivity index (χ0n) is 6.61. The second kappa shape index (κ2) is 4.10. The summed E-state index contributed by atoms with van der Waals surface area (Å²) >= 11 is 0. The standard InChI is InChI=1S/C8H7N2O3/c11-7(9-10-8(12)13)6-4-2-1-3-5-6/h1-5,10H,(H,9,11). The van der Waals surface area contributed by atoms with Gasteiger partial charge in [0.1, 0.15) is 0 Å². The van der Waals surface area contributed by atoms with Crippen molar-refractivity contribution in [3.05, 3.63) is 35.9 Å². The van der Waals surface area contributed by atoms with Crippen LogP contribution in [0.5, 0.6) is 0 Å². The molecule has 1 aromatic rings. The Morgan fingerprint density at radius 1 is 1.00 bits per heavy atom. The molecule has 0 aliphatic heterocycles. The molecule has 0 unspecified atom stereocenters. The Kier molecular flexibility index (Phi) is 2.86. The molecule has 0 atom stereocenters. The lowest BCUT2D eigenvalue weighted by molar-refractivity contribution is 0.0918. The Balaban J connectivity index is 2.54. The molecule has 0 aliphatic rings. The number of hydrogen-bond acceptors (Lipinski definition) is 2. The average Bonchev–Trinajstić information content (AvgIpc) is 2.15. The summed E-state index contributed by atoms with van der Waals surface area (Å²) in [5.41, 5.74) is 3.97. The van der Waals surface area contributed by atoms with Crippen molar-refractivity contribution in [2.45, 2.75) is 0 Å². The number of hydrazine groups is 1. The minimum absolute atomic E-state index is 0.372. The van der Waals surface area contributed by atoms with Crippen LogP contribution in [0.1, 0.15) is 10.4 Å². The van der Waals surface area contributed by atoms with Crippen molar-refractivity contribution < 1.29 is 14.7 Å². The highest BCUT2D eigenvalue weighted by molar-refractivity contribution is 5.94. The lowest BCUT2D eigenvalue weighted by Gasteiger charge is -2.01. The van der Waals surface area contributed by atoms with E-state index in [-0.39, 0.29) is 0 Å². The average molecular weight is 179 g/mol. The number of benzene rings is 1. The number of hydrogen-bond donors (Lipinski definition) is 2. The second-order valence-corrected chi connectivity index (χ2v) is 2.23. The highest BCUT2D eigenvalue weighted by Gasteiger charge is 2.04. The van der Waals surface area contributed by atoms with Gasteiger partial charge in [-0.3, -0.25) is 10.2 Å². The van der Waals surface area contributed by atoms with E-state index in [0.717, 1.165) is 0 Å². The van der Waals surface area contributed by atoms with Crippen LogP contribution in [0.15, 0.2) is 30.3 Å². The largest absolute Gasteiger partial charge is 0.468 e. The predicted octanol–water partition coefficient (Wildman–Crippen LogP) is 0.471. The van der Waals surface area contributed by atoms with E-state index in [0.29, 0.717) is 5.56 Å². The molecule has 0 aliphatic carbocycles. The molecule has 0 spiro atoms. The predicted molar refractivity (Wildman–Crippen MR) is 43.1 cm³/mol. The van der Waals surface area contributed by atoms with Crippen LogP contribution in [-0.2, 0) is 5.11 Å². The lowest BCUT2D eigenvalue weighted by Crippen LogP contribution is -2.40. The summed E-state index contributed by atoms with van der Waals surface area (Å²) in [6.07, 6.45) is -1.55. The maximum absolute atomic E-state index is 11.1. The van der Waals surface area contributed by atoms with Crippen molar-refractivity contribution in [2.24, 2.45) is 0 Å². The number of carbonyl (C=O) groups excluding carboxylic acids is 2. The van der Waals surface area contributed by atoms with Gasteiger partial charge in [0.15, 0.2) is 0 Å². The molecule has 13 heavy (non-hydrogen) atoms. The van der Waals surface area contributed by atoms with E-state index in [1.807, 2.05) is 5.43 Å². The molecule has 67 valence electrons. The van der Waals surface area contributed by atoms with Crippen molar-refractivity contribution in [2.75, 3.05) is 0 Å². The van der Waals surface area contributed by atoms with Gasteiger partial charge in [0.25, 0.3) is 5.91 Å². The fraction of sp³-hybridized carbons (Fsp3) is 0. The second-order valence-electron chi connectivity index (χ2n) is 2.23. The van der Waals surface area contributed by atoms with Crippen molar-refractivity contribution in [3.63, 3.8) is 0 Å². The Bertz CT molecular complexity index is 310. The number of nitrogens with one attached hydrogen (secondary N) is 2. The van der Waals surface area contributed by atoms with Crippen molar-refractivity contribution in [3.8, 4) is 0 Å². The number of rotatable bonds is 1. The smallest absolute Gasteiger partial charge is 0.267 e. The van der Waals surface area contributed by atoms with E-state index >= 15 is 0 Å². The molecular weight excluding hydrogens is 172 g/mol. The Morgan fingerprint density at radius 3 is 2.15 bits per heavy atom. The Hall–Kier alpha value is -2.04. The third-order valence-electron chi connectivity index (χ3n) is 1.31. The van der Waals surface area contributed by atoms with Crippen LogP contribution >= 0.6 is 0 Å². The van der Waals surface area contributed by atoms with Gasteiger partial charge in [-0.25, -0.2) is 15.3 Å². The number of carbonyl (C=O) groups is 2. The van der Waals surface area contributed by atoms with E-state index in [1.54, 1.807) is 35.8 Å². The molecule has 0 bridgehead atoms. The molecule has 1 rings (SSSR count). The lowest BCUT2D eigenvalue weighted by atomic mass is 10.2. The van der Waals surface area contributed by atoms with Crippen molar-refractivity contribution >= 4 is 12.0 Å². The van der Waals surface area contributed by atoms with Gasteiger partial charge in [-0.15, -0.1) is 0 Å². The SMILES string of the molecule is [O]C(=O)NNC(=O)c1ccccc1. The molecular formula is C8H7N2O3. The van der Waals surface area contributed by atoms with E-state index in [4.69, 9.17) is 0 Å². The molecule has 0 fully saturated rings. The van der Waals surface area contributed by atoms with E-state index in [1.165, 1.54) is 0 Å². The highest BCUT2D eigenvalue weighted by Crippen LogP contribution is 1.96. The molecule has 1 aromatic carbocycles. The van der Waals surface area contributed by atoms with E-state index < -0.39 is 12.0 Å². The van der Waals surface area contributed by atoms with E-state index in [2.05, 4.69) is 0 Å². The maximum atomic E-state index is 11.1. The molecule has 5 nitrogen and oxygen atoms in total. The van der Waals surface area contributed by atoms with Gasteiger partial charge < -0.3 is 0 Å². The maximum Gasteiger partial charge on any atom is 0.468 e. The zero-order chi connectivity index (χ0) is 9.68. The fourth-order valence-corrected chi connectivity index (χ4v) is 0.769. The first-order chi connectivity index (χ1) is 6.20. The first kappa shape index (κ1) is 9.05. The summed E-state index contributed by atoms with van der Waals surface area (Å²) in [5, 5.41) is 9.90. The van der Waals surface area contributed by atoms with Crippen molar-refractivity contribution in [1.82, 2.24) is 10.9 Å². The summed E-state index contributed by atoms with van der Waals surface area (Å²) in [6, 6.07) is 8.23. The highest BCUT2D eigenvalue weighted by atomic mass is 16.4. The van der Waals surface area contributed by atoms with Crippen LogP contribution in [0.4, 0.5) is 4.79 Å². The summed E-state index contributed by atoms with van der Waals surface area (Å²) in [6.45, 7) is 0. The quantitative estimate of drug-likeness (QED) is 0.614. The first-order valence-corrected chi connectivity index (χ1v) is 3.52. The third-order valence-corrected chi connectivity index (χ3v) is 1.31. The van der Waals surface area contributed by atoms with Crippen LogP contribution in [0.2, 0.25) is 0 Å². The molecule has 5 heteroatoms. The first-order valence-electron chi connectivity index (χ1n) is 3.52. The summed E-state index contributed by atoms with van der Waals surface area (Å²) in [7, 11) is 0. The minimum atomic E-state index is -1.55. The van der Waals surface area contributed by atoms with E-state index in [9.17, 15) is 14.7 Å². The summed E-state index contributed by atoms with van der Waals surface area (Å²) in [4.78, 5) is 21.0. The number of amides is 2. The van der Waals surface area contributed by atoms with Crippen LogP contribution in [0.3, 0.4) is 0 Å². The van der Waals surface area contributed by atoms with Gasteiger partial charge in [0, 0.05) is 5.56 Å². The molecule has 2 amide bonds. The minimum Gasteiger partial charge on any atom is -0.267 e. The van der Waals surface area contributed by atoms with Crippen LogP contribution in [-0.4, -0.2) is 12.0 Å².